The van der Waals surface area contributed by atoms with Crippen LogP contribution in [0, 0.1) is 12.7 Å². The molecule has 3 aromatic rings. The number of anilines is 1. The van der Waals surface area contributed by atoms with E-state index >= 15 is 0 Å². The first-order valence-electron chi connectivity index (χ1n) is 8.75. The number of esters is 1. The number of carbonyl (C=O) groups is 2. The van der Waals surface area contributed by atoms with Crippen molar-refractivity contribution in [3.63, 3.8) is 0 Å². The molecule has 1 aromatic carbocycles. The summed E-state index contributed by atoms with van der Waals surface area (Å²) < 4.78 is 25.2. The minimum Gasteiger partial charge on any atom is -0.448 e. The Morgan fingerprint density at radius 2 is 2.07 bits per heavy atom. The molecule has 0 radical (unpaired) electrons. The van der Waals surface area contributed by atoms with Crippen LogP contribution in [-0.2, 0) is 9.53 Å². The van der Waals surface area contributed by atoms with Gasteiger partial charge < -0.3 is 14.6 Å². The predicted octanol–water partition coefficient (Wildman–Crippen LogP) is 3.60. The molecule has 1 atom stereocenters. The summed E-state index contributed by atoms with van der Waals surface area (Å²) in [7, 11) is 0. The minimum atomic E-state index is -1.03. The fourth-order valence-corrected chi connectivity index (χ4v) is 3.15. The second-order valence-corrected chi connectivity index (χ2v) is 6.83. The summed E-state index contributed by atoms with van der Waals surface area (Å²) in [6, 6.07) is 7.20. The van der Waals surface area contributed by atoms with E-state index in [0.29, 0.717) is 16.6 Å². The third kappa shape index (κ3) is 4.65. The Morgan fingerprint density at radius 1 is 1.34 bits per heavy atom. The predicted molar refractivity (Wildman–Crippen MR) is 105 cm³/mol. The van der Waals surface area contributed by atoms with Crippen LogP contribution in [0.4, 0.5) is 10.2 Å². The number of aryl methyl sites for hydroxylation is 1. The molecule has 0 aliphatic carbocycles. The van der Waals surface area contributed by atoms with Crippen LogP contribution in [-0.4, -0.2) is 38.9 Å². The molecule has 1 N–H and O–H groups in total. The Labute approximate surface area is 170 Å². The third-order valence-electron chi connectivity index (χ3n) is 4.00. The average molecular weight is 418 g/mol. The molecule has 3 rings (SSSR count). The lowest BCUT2D eigenvalue weighted by Crippen LogP contribution is -2.32. The SMILES string of the molecule is CCC(OC(=O)c1cnc(SC)n1-c1ccc(F)cc1)C(=O)Nc1cc(C)on1. The molecule has 0 bridgehead atoms. The Kier molecular flexibility index (Phi) is 6.32. The highest BCUT2D eigenvalue weighted by atomic mass is 32.2. The van der Waals surface area contributed by atoms with E-state index in [4.69, 9.17) is 9.26 Å². The lowest BCUT2D eigenvalue weighted by molar-refractivity contribution is -0.124. The normalized spacial score (nSPS) is 11.9. The number of nitrogens with one attached hydrogen (secondary N) is 1. The van der Waals surface area contributed by atoms with Gasteiger partial charge in [-0.2, -0.15) is 0 Å². The van der Waals surface area contributed by atoms with Gasteiger partial charge in [0.1, 0.15) is 11.6 Å². The van der Waals surface area contributed by atoms with Crippen molar-refractivity contribution in [2.45, 2.75) is 31.5 Å². The summed E-state index contributed by atoms with van der Waals surface area (Å²) in [4.78, 5) is 29.4. The number of halogens is 1. The van der Waals surface area contributed by atoms with Crippen molar-refractivity contribution in [2.24, 2.45) is 0 Å². The molecule has 29 heavy (non-hydrogen) atoms. The Bertz CT molecular complexity index is 1020. The topological polar surface area (TPSA) is 99.2 Å². The minimum absolute atomic E-state index is 0.129. The number of hydrogen-bond donors (Lipinski definition) is 1. The lowest BCUT2D eigenvalue weighted by Gasteiger charge is -2.16. The summed E-state index contributed by atoms with van der Waals surface area (Å²) >= 11 is 1.32. The highest BCUT2D eigenvalue weighted by molar-refractivity contribution is 7.98. The maximum absolute atomic E-state index is 13.3. The first-order valence-corrected chi connectivity index (χ1v) is 9.98. The van der Waals surface area contributed by atoms with Gasteiger partial charge in [0.15, 0.2) is 22.8 Å². The van der Waals surface area contributed by atoms with Crippen LogP contribution in [0.2, 0.25) is 0 Å². The molecule has 2 aromatic heterocycles. The Morgan fingerprint density at radius 3 is 2.66 bits per heavy atom. The number of ether oxygens (including phenoxy) is 1. The van der Waals surface area contributed by atoms with E-state index in [0.717, 1.165) is 0 Å². The van der Waals surface area contributed by atoms with Gasteiger partial charge in [0.05, 0.1) is 6.20 Å². The number of nitrogens with zero attached hydrogens (tertiary/aromatic N) is 3. The molecule has 1 amide bonds. The number of carbonyl (C=O) groups excluding carboxylic acids is 2. The van der Waals surface area contributed by atoms with Crippen LogP contribution < -0.4 is 5.32 Å². The molecule has 0 saturated heterocycles. The summed E-state index contributed by atoms with van der Waals surface area (Å²) in [5.41, 5.74) is 0.681. The van der Waals surface area contributed by atoms with Gasteiger partial charge in [-0.1, -0.05) is 23.8 Å². The monoisotopic (exact) mass is 418 g/mol. The maximum Gasteiger partial charge on any atom is 0.357 e. The summed E-state index contributed by atoms with van der Waals surface area (Å²) in [5.74, 6) is -0.858. The Hall–Kier alpha value is -3.14. The van der Waals surface area contributed by atoms with Gasteiger partial charge in [-0.3, -0.25) is 9.36 Å². The number of thioether (sulfide) groups is 1. The van der Waals surface area contributed by atoms with Gasteiger partial charge in [-0.25, -0.2) is 14.2 Å². The molecular formula is C19H19FN4O4S. The molecule has 0 aliphatic rings. The molecule has 1 unspecified atom stereocenters. The average Bonchev–Trinajstić information content (AvgIpc) is 3.32. The van der Waals surface area contributed by atoms with E-state index in [1.807, 2.05) is 0 Å². The number of hydrogen-bond acceptors (Lipinski definition) is 7. The van der Waals surface area contributed by atoms with Crippen LogP contribution in [0.1, 0.15) is 29.6 Å². The van der Waals surface area contributed by atoms with E-state index in [9.17, 15) is 14.0 Å². The second-order valence-electron chi connectivity index (χ2n) is 6.06. The van der Waals surface area contributed by atoms with E-state index < -0.39 is 23.8 Å². The second kappa shape index (κ2) is 8.91. The maximum atomic E-state index is 13.3. The van der Waals surface area contributed by atoms with Gasteiger partial charge in [0.25, 0.3) is 5.91 Å². The molecule has 152 valence electrons. The molecule has 0 fully saturated rings. The van der Waals surface area contributed by atoms with E-state index in [1.165, 1.54) is 42.2 Å². The fourth-order valence-electron chi connectivity index (χ4n) is 2.61. The standard InChI is InChI=1S/C19H19FN4O4S/c1-4-15(17(25)22-16-9-11(2)28-23-16)27-18(26)14-10-21-19(29-3)24(14)13-7-5-12(20)6-8-13/h5-10,15H,4H2,1-3H3,(H,22,23,25). The summed E-state index contributed by atoms with van der Waals surface area (Å²) in [6.45, 7) is 3.41. The fraction of sp³-hybridized carbons (Fsp3) is 0.263. The first kappa shape index (κ1) is 20.6. The Balaban J connectivity index is 1.81. The zero-order chi connectivity index (χ0) is 21.0. The number of imidazole rings is 1. The molecule has 10 heteroatoms. The largest absolute Gasteiger partial charge is 0.448 e. The number of amides is 1. The third-order valence-corrected chi connectivity index (χ3v) is 4.65. The van der Waals surface area contributed by atoms with Gasteiger partial charge in [-0.05, 0) is 43.9 Å². The molecular weight excluding hydrogens is 399 g/mol. The van der Waals surface area contributed by atoms with Crippen LogP contribution in [0.3, 0.4) is 0 Å². The highest BCUT2D eigenvalue weighted by Crippen LogP contribution is 2.23. The van der Waals surface area contributed by atoms with Gasteiger partial charge >= 0.3 is 5.97 Å². The summed E-state index contributed by atoms with van der Waals surface area (Å²) in [5, 5.41) is 6.77. The van der Waals surface area contributed by atoms with Gasteiger partial charge in [0, 0.05) is 11.8 Å². The van der Waals surface area contributed by atoms with E-state index in [2.05, 4.69) is 15.5 Å². The van der Waals surface area contributed by atoms with Crippen LogP contribution in [0.15, 0.2) is 46.2 Å². The first-order chi connectivity index (χ1) is 13.9. The lowest BCUT2D eigenvalue weighted by atomic mass is 10.2. The van der Waals surface area contributed by atoms with Crippen molar-refractivity contribution in [2.75, 3.05) is 11.6 Å². The number of aromatic nitrogens is 3. The van der Waals surface area contributed by atoms with Crippen LogP contribution >= 0.6 is 11.8 Å². The van der Waals surface area contributed by atoms with Crippen molar-refractivity contribution in [1.82, 2.24) is 14.7 Å². The van der Waals surface area contributed by atoms with Crippen LogP contribution in [0.25, 0.3) is 5.69 Å². The number of rotatable bonds is 7. The molecule has 2 heterocycles. The number of benzene rings is 1. The molecule has 0 aliphatic heterocycles. The highest BCUT2D eigenvalue weighted by Gasteiger charge is 2.26. The quantitative estimate of drug-likeness (QED) is 0.462. The summed E-state index contributed by atoms with van der Waals surface area (Å²) in [6.07, 6.45) is 2.39. The van der Waals surface area contributed by atoms with Gasteiger partial charge in [-0.15, -0.1) is 0 Å². The van der Waals surface area contributed by atoms with Crippen molar-refractivity contribution in [3.05, 3.63) is 53.8 Å². The van der Waals surface area contributed by atoms with E-state index in [1.54, 1.807) is 30.7 Å². The van der Waals surface area contributed by atoms with Gasteiger partial charge in [0.2, 0.25) is 0 Å². The van der Waals surface area contributed by atoms with Crippen molar-refractivity contribution < 1.29 is 23.2 Å². The smallest absolute Gasteiger partial charge is 0.357 e. The van der Waals surface area contributed by atoms with E-state index in [-0.39, 0.29) is 17.9 Å². The molecule has 0 spiro atoms. The zero-order valence-electron chi connectivity index (χ0n) is 16.0. The molecule has 0 saturated carbocycles. The molecule has 8 nitrogen and oxygen atoms in total. The van der Waals surface area contributed by atoms with Crippen molar-refractivity contribution >= 4 is 29.5 Å². The zero-order valence-corrected chi connectivity index (χ0v) is 16.8. The van der Waals surface area contributed by atoms with Crippen molar-refractivity contribution in [3.8, 4) is 5.69 Å². The van der Waals surface area contributed by atoms with Crippen LogP contribution in [0.5, 0.6) is 0 Å². The van der Waals surface area contributed by atoms with Crippen molar-refractivity contribution in [1.29, 1.82) is 0 Å².